The second kappa shape index (κ2) is 8.58. The van der Waals surface area contributed by atoms with Crippen molar-refractivity contribution in [1.82, 2.24) is 15.5 Å². The van der Waals surface area contributed by atoms with E-state index < -0.39 is 6.03 Å². The lowest BCUT2D eigenvalue weighted by Gasteiger charge is -2.24. The van der Waals surface area contributed by atoms with E-state index in [1.807, 2.05) is 0 Å². The van der Waals surface area contributed by atoms with Crippen molar-refractivity contribution in [3.05, 3.63) is 56.4 Å². The average molecular weight is 465 g/mol. The molecule has 2 aliphatic heterocycles. The molecule has 4 rings (SSSR count). The predicted octanol–water partition coefficient (Wildman–Crippen LogP) is 3.08. The molecular formula is C19H18Cl2N6O4. The molecule has 0 atom stereocenters. The molecule has 3 heterocycles. The van der Waals surface area contributed by atoms with Crippen molar-refractivity contribution >= 4 is 40.8 Å². The van der Waals surface area contributed by atoms with Gasteiger partial charge in [-0.2, -0.15) is 5.01 Å². The summed E-state index contributed by atoms with van der Waals surface area (Å²) in [7, 11) is 0. The number of benzene rings is 1. The van der Waals surface area contributed by atoms with E-state index in [1.54, 1.807) is 6.07 Å². The summed E-state index contributed by atoms with van der Waals surface area (Å²) in [6.07, 6.45) is 1.47. The lowest BCUT2D eigenvalue weighted by molar-refractivity contribution is 0.0849. The average Bonchev–Trinajstić information content (AvgIpc) is 2.75. The van der Waals surface area contributed by atoms with E-state index in [0.29, 0.717) is 18.8 Å². The van der Waals surface area contributed by atoms with Crippen LogP contribution in [0.25, 0.3) is 0 Å². The van der Waals surface area contributed by atoms with E-state index in [-0.39, 0.29) is 50.4 Å². The number of nitrogens with zero attached hydrogens (tertiary/aromatic N) is 3. The van der Waals surface area contributed by atoms with Crippen LogP contribution < -0.4 is 26.4 Å². The van der Waals surface area contributed by atoms with Gasteiger partial charge in [-0.05, 0) is 30.9 Å². The maximum atomic E-state index is 12.2. The van der Waals surface area contributed by atoms with Crippen LogP contribution in [-0.2, 0) is 4.74 Å². The Bertz CT molecular complexity index is 1120. The van der Waals surface area contributed by atoms with Gasteiger partial charge in [-0.15, -0.1) is 10.2 Å². The monoisotopic (exact) mass is 464 g/mol. The highest BCUT2D eigenvalue weighted by Gasteiger charge is 2.25. The van der Waals surface area contributed by atoms with Gasteiger partial charge in [0, 0.05) is 24.8 Å². The van der Waals surface area contributed by atoms with Gasteiger partial charge in [-0.1, -0.05) is 29.8 Å². The molecule has 2 aromatic rings. The van der Waals surface area contributed by atoms with Gasteiger partial charge in [0.25, 0.3) is 5.56 Å². The Morgan fingerprint density at radius 2 is 1.87 bits per heavy atom. The number of carbonyl (C=O) groups is 1. The fourth-order valence-corrected chi connectivity index (χ4v) is 3.82. The Kier molecular flexibility index (Phi) is 5.86. The second-order valence-corrected chi connectivity index (χ2v) is 7.74. The Morgan fingerprint density at radius 3 is 2.55 bits per heavy atom. The number of anilines is 1. The number of urea groups is 1. The molecule has 10 nitrogen and oxygen atoms in total. The number of aromatic amines is 1. The first-order valence-electron chi connectivity index (χ1n) is 9.32. The van der Waals surface area contributed by atoms with E-state index >= 15 is 0 Å². The summed E-state index contributed by atoms with van der Waals surface area (Å²) >= 11 is 12.7. The van der Waals surface area contributed by atoms with Gasteiger partial charge >= 0.3 is 6.03 Å². The van der Waals surface area contributed by atoms with Crippen LogP contribution >= 0.6 is 23.2 Å². The molecule has 162 valence electrons. The SMILES string of the molecule is C=C1NC(=O)N(c2cc(Cl)c(Oc3cc(C4CCOCC4)c(=O)[nH]n3)c(Cl)c2)N=C1N. The Balaban J connectivity index is 1.62. The van der Waals surface area contributed by atoms with Gasteiger partial charge in [-0.25, -0.2) is 9.89 Å². The summed E-state index contributed by atoms with van der Waals surface area (Å²) < 4.78 is 11.1. The number of hydrogen-bond donors (Lipinski definition) is 3. The topological polar surface area (TPSA) is 135 Å². The first-order chi connectivity index (χ1) is 14.8. The van der Waals surface area contributed by atoms with Crippen molar-refractivity contribution in [2.75, 3.05) is 18.2 Å². The highest BCUT2D eigenvalue weighted by atomic mass is 35.5. The molecule has 0 saturated carbocycles. The molecule has 0 unspecified atom stereocenters. The van der Waals surface area contributed by atoms with Gasteiger partial charge in [0.2, 0.25) is 5.88 Å². The van der Waals surface area contributed by atoms with Crippen LogP contribution in [-0.4, -0.2) is 35.3 Å². The fraction of sp³-hybridized carbons (Fsp3) is 0.263. The zero-order valence-corrected chi connectivity index (χ0v) is 17.7. The highest BCUT2D eigenvalue weighted by Crippen LogP contribution is 2.40. The summed E-state index contributed by atoms with van der Waals surface area (Å²) in [4.78, 5) is 24.4. The Hall–Kier alpha value is -3.08. The summed E-state index contributed by atoms with van der Waals surface area (Å²) in [5, 5.41) is 14.0. The lowest BCUT2D eigenvalue weighted by Crippen LogP contribution is -2.45. The summed E-state index contributed by atoms with van der Waals surface area (Å²) in [5.41, 5.74) is 6.47. The maximum Gasteiger partial charge on any atom is 0.347 e. The number of amidine groups is 1. The van der Waals surface area contributed by atoms with Crippen LogP contribution in [0.15, 0.2) is 40.4 Å². The van der Waals surface area contributed by atoms with Crippen LogP contribution in [0.3, 0.4) is 0 Å². The molecule has 0 radical (unpaired) electrons. The number of hydrazone groups is 1. The van der Waals surface area contributed by atoms with Gasteiger partial charge < -0.3 is 20.5 Å². The van der Waals surface area contributed by atoms with Crippen LogP contribution in [0.1, 0.15) is 24.3 Å². The Labute approximate surface area is 186 Å². The van der Waals surface area contributed by atoms with Crippen molar-refractivity contribution in [2.45, 2.75) is 18.8 Å². The number of ether oxygens (including phenoxy) is 2. The van der Waals surface area contributed by atoms with E-state index in [9.17, 15) is 9.59 Å². The zero-order valence-electron chi connectivity index (χ0n) is 16.2. The van der Waals surface area contributed by atoms with Crippen LogP contribution in [0.2, 0.25) is 10.0 Å². The van der Waals surface area contributed by atoms with E-state index in [2.05, 4.69) is 27.2 Å². The number of H-pyrrole nitrogens is 1. The molecule has 1 aromatic heterocycles. The van der Waals surface area contributed by atoms with Crippen molar-refractivity contribution in [3.63, 3.8) is 0 Å². The van der Waals surface area contributed by atoms with Crippen LogP contribution in [0.4, 0.5) is 10.5 Å². The molecule has 1 aromatic carbocycles. The zero-order chi connectivity index (χ0) is 22.1. The first kappa shape index (κ1) is 21.2. The van der Waals surface area contributed by atoms with Gasteiger partial charge in [-0.3, -0.25) is 4.79 Å². The molecule has 2 aliphatic rings. The third-order valence-corrected chi connectivity index (χ3v) is 5.43. The summed E-state index contributed by atoms with van der Waals surface area (Å²) in [5.74, 6) is 0.340. The highest BCUT2D eigenvalue weighted by molar-refractivity contribution is 6.37. The van der Waals surface area contributed by atoms with Gasteiger partial charge in [0.05, 0.1) is 21.4 Å². The largest absolute Gasteiger partial charge is 0.434 e. The molecule has 2 amide bonds. The van der Waals surface area contributed by atoms with Crippen LogP contribution in [0, 0.1) is 0 Å². The molecule has 12 heteroatoms. The first-order valence-corrected chi connectivity index (χ1v) is 10.1. The lowest BCUT2D eigenvalue weighted by atomic mass is 9.93. The second-order valence-electron chi connectivity index (χ2n) is 6.92. The van der Waals surface area contributed by atoms with Gasteiger partial charge in [0.1, 0.15) is 0 Å². The standard InChI is InChI=1S/C19H18Cl2N6O4/c1-9-17(22)26-27(19(29)23-9)11-6-13(20)16(14(21)7-11)31-15-8-12(18(28)25-24-15)10-2-4-30-5-3-10/h6-8,10H,1-5H2,(H2,22,26)(H,23,29)(H,25,28). The number of rotatable bonds is 4. The van der Waals surface area contributed by atoms with Crippen molar-refractivity contribution < 1.29 is 14.3 Å². The van der Waals surface area contributed by atoms with E-state index in [0.717, 1.165) is 17.9 Å². The number of carbonyl (C=O) groups excluding carboxylic acids is 1. The molecule has 4 N–H and O–H groups in total. The molecule has 31 heavy (non-hydrogen) atoms. The predicted molar refractivity (Wildman–Crippen MR) is 116 cm³/mol. The summed E-state index contributed by atoms with van der Waals surface area (Å²) in [6, 6.07) is 3.89. The number of nitrogens with one attached hydrogen (secondary N) is 2. The minimum atomic E-state index is -0.566. The third kappa shape index (κ3) is 4.36. The van der Waals surface area contributed by atoms with Gasteiger partial charge in [0.15, 0.2) is 11.6 Å². The number of aromatic nitrogens is 2. The van der Waals surface area contributed by atoms with Crippen LogP contribution in [0.5, 0.6) is 11.6 Å². The van der Waals surface area contributed by atoms with Crippen molar-refractivity contribution in [3.8, 4) is 11.6 Å². The third-order valence-electron chi connectivity index (χ3n) is 4.87. The molecule has 0 bridgehead atoms. The molecule has 0 spiro atoms. The minimum Gasteiger partial charge on any atom is -0.434 e. The molecular weight excluding hydrogens is 447 g/mol. The maximum absolute atomic E-state index is 12.2. The fourth-order valence-electron chi connectivity index (χ4n) is 3.27. The minimum absolute atomic E-state index is 0.0465. The smallest absolute Gasteiger partial charge is 0.347 e. The number of hydrogen-bond acceptors (Lipinski definition) is 7. The van der Waals surface area contributed by atoms with Crippen molar-refractivity contribution in [1.29, 1.82) is 0 Å². The van der Waals surface area contributed by atoms with E-state index in [1.165, 1.54) is 12.1 Å². The summed E-state index contributed by atoms with van der Waals surface area (Å²) in [6.45, 7) is 4.77. The number of halogens is 2. The number of amides is 2. The molecule has 1 fully saturated rings. The quantitative estimate of drug-likeness (QED) is 0.635. The van der Waals surface area contributed by atoms with E-state index in [4.69, 9.17) is 38.4 Å². The molecule has 0 aliphatic carbocycles. The number of nitrogens with two attached hydrogens (primary N) is 1. The molecule has 1 saturated heterocycles. The normalized spacial score (nSPS) is 17.4. The Morgan fingerprint density at radius 1 is 1.19 bits per heavy atom. The van der Waals surface area contributed by atoms with Crippen molar-refractivity contribution in [2.24, 2.45) is 10.8 Å².